The Bertz CT molecular complexity index is 1030. The first kappa shape index (κ1) is 25.9. The first-order valence-corrected chi connectivity index (χ1v) is 11.7. The second kappa shape index (κ2) is 12.1. The van der Waals surface area contributed by atoms with Crippen LogP contribution >= 0.6 is 0 Å². The molecule has 4 atom stereocenters. The molecule has 1 fully saturated rings. The number of benzene rings is 2. The molecule has 9 heteroatoms. The Labute approximate surface area is 204 Å². The van der Waals surface area contributed by atoms with Gasteiger partial charge in [-0.1, -0.05) is 48.5 Å². The summed E-state index contributed by atoms with van der Waals surface area (Å²) in [5, 5.41) is 25.0. The highest BCUT2D eigenvalue weighted by Gasteiger charge is 2.37. The smallest absolute Gasteiger partial charge is 0.326 e. The summed E-state index contributed by atoms with van der Waals surface area (Å²) in [5.74, 6) is -2.99. The largest absolute Gasteiger partial charge is 0.480 e. The third-order valence-electron chi connectivity index (χ3n) is 6.16. The van der Waals surface area contributed by atoms with Gasteiger partial charge in [0.15, 0.2) is 0 Å². The molecule has 0 saturated carbocycles. The Hall–Kier alpha value is -3.72. The van der Waals surface area contributed by atoms with Crippen molar-refractivity contribution < 1.29 is 29.4 Å². The Morgan fingerprint density at radius 2 is 1.63 bits per heavy atom. The zero-order valence-corrected chi connectivity index (χ0v) is 19.6. The molecule has 1 saturated heterocycles. The molecular weight excluding hydrogens is 450 g/mol. The van der Waals surface area contributed by atoms with Gasteiger partial charge in [0, 0.05) is 18.2 Å². The second-order valence-electron chi connectivity index (χ2n) is 8.77. The first-order valence-electron chi connectivity index (χ1n) is 11.7. The van der Waals surface area contributed by atoms with Crippen molar-refractivity contribution in [2.45, 2.75) is 56.8 Å². The topological polar surface area (TPSA) is 136 Å². The molecule has 2 aromatic carbocycles. The maximum absolute atomic E-state index is 12.9. The van der Waals surface area contributed by atoms with Crippen LogP contribution in [-0.2, 0) is 20.8 Å². The minimum Gasteiger partial charge on any atom is -0.480 e. The molecule has 35 heavy (non-hydrogen) atoms. The lowest BCUT2D eigenvalue weighted by Crippen LogP contribution is -2.54. The maximum Gasteiger partial charge on any atom is 0.326 e. The van der Waals surface area contributed by atoms with Gasteiger partial charge >= 0.3 is 11.9 Å². The number of carbonyl (C=O) groups is 4. The summed E-state index contributed by atoms with van der Waals surface area (Å²) in [5.41, 5.74) is 1.39. The van der Waals surface area contributed by atoms with Gasteiger partial charge in [-0.05, 0) is 50.3 Å². The van der Waals surface area contributed by atoms with Crippen molar-refractivity contribution in [1.82, 2.24) is 15.5 Å². The normalized spacial score (nSPS) is 17.9. The number of carbonyl (C=O) groups excluding carboxylic acids is 2. The Kier molecular flexibility index (Phi) is 8.97. The molecule has 0 unspecified atom stereocenters. The number of aliphatic carboxylic acids is 2. The van der Waals surface area contributed by atoms with Gasteiger partial charge in [0.1, 0.15) is 12.1 Å². The van der Waals surface area contributed by atoms with Crippen LogP contribution in [0.1, 0.15) is 42.1 Å². The summed E-state index contributed by atoms with van der Waals surface area (Å²) < 4.78 is 0. The van der Waals surface area contributed by atoms with Gasteiger partial charge in [-0.2, -0.15) is 0 Å². The van der Waals surface area contributed by atoms with Gasteiger partial charge in [-0.25, -0.2) is 4.79 Å². The van der Waals surface area contributed by atoms with Crippen LogP contribution in [0.3, 0.4) is 0 Å². The van der Waals surface area contributed by atoms with E-state index < -0.39 is 42.0 Å². The minimum absolute atomic E-state index is 0.0305. The monoisotopic (exact) mass is 481 g/mol. The number of carboxylic acid groups (broad SMARTS) is 2. The highest BCUT2D eigenvalue weighted by atomic mass is 16.4. The summed E-state index contributed by atoms with van der Waals surface area (Å²) >= 11 is 0. The minimum atomic E-state index is -1.16. The zero-order valence-electron chi connectivity index (χ0n) is 19.6. The van der Waals surface area contributed by atoms with Gasteiger partial charge in [0.25, 0.3) is 5.91 Å². The molecule has 0 aliphatic carbocycles. The molecule has 2 amide bonds. The third-order valence-corrected chi connectivity index (χ3v) is 6.16. The summed E-state index contributed by atoms with van der Waals surface area (Å²) in [6.45, 7) is 1.85. The fraction of sp³-hybridized carbons (Fsp3) is 0.385. The van der Waals surface area contributed by atoms with E-state index in [4.69, 9.17) is 0 Å². The van der Waals surface area contributed by atoms with E-state index in [0.29, 0.717) is 31.4 Å². The van der Waals surface area contributed by atoms with Crippen LogP contribution in [0.25, 0.3) is 0 Å². The number of amides is 2. The van der Waals surface area contributed by atoms with Crippen LogP contribution in [0.5, 0.6) is 0 Å². The SMILES string of the molecule is C[C@H](N[C@@H](C[C@H](Cc1ccccc1)NC(=O)c1ccccc1)C(=O)O)C(=O)N1CCC[C@H]1C(=O)O. The molecule has 0 radical (unpaired) electrons. The molecule has 1 heterocycles. The average Bonchev–Trinajstić information content (AvgIpc) is 3.34. The van der Waals surface area contributed by atoms with E-state index in [1.807, 2.05) is 30.3 Å². The number of rotatable bonds is 11. The van der Waals surface area contributed by atoms with Crippen molar-refractivity contribution in [2.75, 3.05) is 6.54 Å². The quantitative estimate of drug-likeness (QED) is 0.385. The van der Waals surface area contributed by atoms with Crippen molar-refractivity contribution in [3.05, 3.63) is 71.8 Å². The molecule has 2 aromatic rings. The van der Waals surface area contributed by atoms with Gasteiger partial charge in [0.2, 0.25) is 5.91 Å². The fourth-order valence-corrected chi connectivity index (χ4v) is 4.38. The molecule has 9 nitrogen and oxygen atoms in total. The number of hydrogen-bond donors (Lipinski definition) is 4. The summed E-state index contributed by atoms with van der Waals surface area (Å²) in [7, 11) is 0. The van der Waals surface area contributed by atoms with E-state index >= 15 is 0 Å². The molecule has 186 valence electrons. The molecule has 1 aliphatic heterocycles. The van der Waals surface area contributed by atoms with Crippen molar-refractivity contribution in [3.8, 4) is 0 Å². The number of nitrogens with one attached hydrogen (secondary N) is 2. The summed E-state index contributed by atoms with van der Waals surface area (Å²) in [4.78, 5) is 50.6. The van der Waals surface area contributed by atoms with E-state index in [2.05, 4.69) is 10.6 Å². The van der Waals surface area contributed by atoms with Crippen molar-refractivity contribution in [2.24, 2.45) is 0 Å². The maximum atomic E-state index is 12.9. The molecule has 1 aliphatic rings. The fourth-order valence-electron chi connectivity index (χ4n) is 4.38. The van der Waals surface area contributed by atoms with Gasteiger partial charge < -0.3 is 20.4 Å². The first-order chi connectivity index (χ1) is 16.8. The lowest BCUT2D eigenvalue weighted by atomic mass is 9.98. The Morgan fingerprint density at radius 3 is 2.23 bits per heavy atom. The van der Waals surface area contributed by atoms with E-state index in [1.165, 1.54) is 11.8 Å². The number of likely N-dealkylation sites (tertiary alicyclic amines) is 1. The lowest BCUT2D eigenvalue weighted by Gasteiger charge is -2.29. The van der Waals surface area contributed by atoms with Crippen LogP contribution in [0.2, 0.25) is 0 Å². The van der Waals surface area contributed by atoms with E-state index in [9.17, 15) is 29.4 Å². The van der Waals surface area contributed by atoms with Crippen LogP contribution < -0.4 is 10.6 Å². The molecule has 3 rings (SSSR count). The van der Waals surface area contributed by atoms with Crippen LogP contribution in [-0.4, -0.2) is 69.6 Å². The Balaban J connectivity index is 1.73. The average molecular weight is 482 g/mol. The number of nitrogens with zero attached hydrogens (tertiary/aromatic N) is 1. The summed E-state index contributed by atoms with van der Waals surface area (Å²) in [6.07, 6.45) is 1.40. The standard InChI is InChI=1S/C26H31N3O6/c1-17(24(31)29-14-8-13-22(29)26(34)35)27-21(25(32)33)16-20(15-18-9-4-2-5-10-18)28-23(30)19-11-6-3-7-12-19/h2-7,9-12,17,20-22,27H,8,13-16H2,1H3,(H,28,30)(H,32,33)(H,34,35)/t17-,20-,21-,22-/m0/s1. The Morgan fingerprint density at radius 1 is 1.00 bits per heavy atom. The van der Waals surface area contributed by atoms with Crippen LogP contribution in [0.15, 0.2) is 60.7 Å². The van der Waals surface area contributed by atoms with Crippen molar-refractivity contribution in [1.29, 1.82) is 0 Å². The molecule has 0 spiro atoms. The third kappa shape index (κ3) is 7.13. The molecular formula is C26H31N3O6. The highest BCUT2D eigenvalue weighted by molar-refractivity contribution is 5.94. The van der Waals surface area contributed by atoms with E-state index in [0.717, 1.165) is 5.56 Å². The van der Waals surface area contributed by atoms with Crippen LogP contribution in [0.4, 0.5) is 0 Å². The number of carboxylic acids is 2. The predicted octanol–water partition coefficient (Wildman–Crippen LogP) is 1.92. The zero-order chi connectivity index (χ0) is 25.4. The van der Waals surface area contributed by atoms with Gasteiger partial charge in [-0.15, -0.1) is 0 Å². The lowest BCUT2D eigenvalue weighted by molar-refractivity contribution is -0.149. The second-order valence-corrected chi connectivity index (χ2v) is 8.77. The highest BCUT2D eigenvalue weighted by Crippen LogP contribution is 2.19. The molecule has 4 N–H and O–H groups in total. The molecule has 0 bridgehead atoms. The van der Waals surface area contributed by atoms with Crippen molar-refractivity contribution in [3.63, 3.8) is 0 Å². The van der Waals surface area contributed by atoms with Crippen LogP contribution in [0, 0.1) is 0 Å². The van der Waals surface area contributed by atoms with E-state index in [-0.39, 0.29) is 12.3 Å². The number of hydrogen-bond acceptors (Lipinski definition) is 5. The van der Waals surface area contributed by atoms with Crippen molar-refractivity contribution >= 4 is 23.8 Å². The predicted molar refractivity (Wildman–Crippen MR) is 129 cm³/mol. The van der Waals surface area contributed by atoms with Gasteiger partial charge in [-0.3, -0.25) is 19.7 Å². The summed E-state index contributed by atoms with van der Waals surface area (Å²) in [6, 6.07) is 14.6. The van der Waals surface area contributed by atoms with Gasteiger partial charge in [0.05, 0.1) is 6.04 Å². The molecule has 0 aromatic heterocycles. The van der Waals surface area contributed by atoms with E-state index in [1.54, 1.807) is 30.3 Å².